The maximum Gasteiger partial charge on any atom is 0.415 e. The molecule has 1 atom stereocenters. The lowest BCUT2D eigenvalue weighted by Gasteiger charge is -2.25. The van der Waals surface area contributed by atoms with Crippen molar-refractivity contribution in [1.82, 2.24) is 10.2 Å². The van der Waals surface area contributed by atoms with Crippen LogP contribution in [-0.4, -0.2) is 72.1 Å². The van der Waals surface area contributed by atoms with Gasteiger partial charge in [0.1, 0.15) is 17.7 Å². The Morgan fingerprint density at radius 2 is 1.68 bits per heavy atom. The van der Waals surface area contributed by atoms with Crippen molar-refractivity contribution in [1.29, 1.82) is 0 Å². The van der Waals surface area contributed by atoms with E-state index in [1.807, 2.05) is 0 Å². The second-order valence-corrected chi connectivity index (χ2v) is 7.71. The minimum Gasteiger partial charge on any atom is -0.480 e. The molecular weight excluding hydrogens is 466 g/mol. The third kappa shape index (κ3) is 7.19. The van der Waals surface area contributed by atoms with Crippen LogP contribution >= 0.6 is 11.6 Å². The molecule has 10 nitrogen and oxygen atoms in total. The number of nitrogens with zero attached hydrogens (tertiary/aromatic N) is 1. The number of hydrogen-bond donors (Lipinski definition) is 3. The predicted molar refractivity (Wildman–Crippen MR) is 123 cm³/mol. The quantitative estimate of drug-likeness (QED) is 0.483. The monoisotopic (exact) mass is 489 g/mol. The van der Waals surface area contributed by atoms with Gasteiger partial charge in [0, 0.05) is 30.8 Å². The van der Waals surface area contributed by atoms with Crippen LogP contribution in [0.1, 0.15) is 15.9 Å². The fourth-order valence-electron chi connectivity index (χ4n) is 3.18. The van der Waals surface area contributed by atoms with E-state index in [4.69, 9.17) is 21.1 Å². The summed E-state index contributed by atoms with van der Waals surface area (Å²) in [6.07, 6.45) is -0.442. The van der Waals surface area contributed by atoms with Crippen LogP contribution in [0.3, 0.4) is 0 Å². The molecular formula is C23H24ClN3O7. The lowest BCUT2D eigenvalue weighted by molar-refractivity contribution is -0.139. The molecule has 1 fully saturated rings. The number of halogens is 1. The highest BCUT2D eigenvalue weighted by Gasteiger charge is 2.22. The number of morpholine rings is 1. The van der Waals surface area contributed by atoms with Gasteiger partial charge in [-0.05, 0) is 42.0 Å². The highest BCUT2D eigenvalue weighted by molar-refractivity contribution is 6.29. The smallest absolute Gasteiger partial charge is 0.415 e. The molecule has 1 heterocycles. The zero-order valence-corrected chi connectivity index (χ0v) is 18.9. The average molecular weight is 490 g/mol. The van der Waals surface area contributed by atoms with Crippen molar-refractivity contribution >= 4 is 41.2 Å². The van der Waals surface area contributed by atoms with Crippen LogP contribution < -0.4 is 15.4 Å². The molecule has 0 unspecified atom stereocenters. The first-order chi connectivity index (χ1) is 16.4. The molecule has 0 radical (unpaired) electrons. The number of hydrogen-bond acceptors (Lipinski definition) is 6. The van der Waals surface area contributed by atoms with E-state index in [2.05, 4.69) is 10.6 Å². The van der Waals surface area contributed by atoms with Crippen LogP contribution in [-0.2, 0) is 20.7 Å². The Morgan fingerprint density at radius 3 is 2.26 bits per heavy atom. The summed E-state index contributed by atoms with van der Waals surface area (Å²) in [7, 11) is 0. The van der Waals surface area contributed by atoms with Crippen molar-refractivity contribution in [2.45, 2.75) is 12.5 Å². The lowest BCUT2D eigenvalue weighted by atomic mass is 10.1. The number of aliphatic carboxylic acids is 1. The Hall–Kier alpha value is -3.63. The van der Waals surface area contributed by atoms with E-state index in [1.54, 1.807) is 29.2 Å². The van der Waals surface area contributed by atoms with E-state index in [0.29, 0.717) is 43.3 Å². The molecule has 3 rings (SSSR count). The molecule has 0 bridgehead atoms. The standard InChI is InChI=1S/C23H24ClN3O7/c24-14-20(28)25-17-5-3-16(4-6-17)21(29)26-19(22(30)31)13-15-1-7-18(8-2-15)34-23(32)27-9-11-33-12-10-27/h1-8,19H,9-14H2,(H,25,28)(H,26,29)(H,30,31)/t19-/m0/s1. The second-order valence-electron chi connectivity index (χ2n) is 7.44. The van der Waals surface area contributed by atoms with E-state index in [9.17, 15) is 24.3 Å². The van der Waals surface area contributed by atoms with Crippen LogP contribution in [0, 0.1) is 0 Å². The molecule has 0 aliphatic carbocycles. The van der Waals surface area contributed by atoms with Crippen LogP contribution in [0.4, 0.5) is 10.5 Å². The number of alkyl halides is 1. The molecule has 0 spiro atoms. The third-order valence-electron chi connectivity index (χ3n) is 4.99. The topological polar surface area (TPSA) is 134 Å². The predicted octanol–water partition coefficient (Wildman–Crippen LogP) is 2.12. The Bertz CT molecular complexity index is 1020. The van der Waals surface area contributed by atoms with E-state index in [0.717, 1.165) is 0 Å². The summed E-state index contributed by atoms with van der Waals surface area (Å²) in [6, 6.07) is 11.2. The Labute approximate surface area is 200 Å². The Kier molecular flexibility index (Phi) is 8.83. The number of carboxylic acids is 1. The van der Waals surface area contributed by atoms with E-state index in [-0.39, 0.29) is 23.8 Å². The maximum atomic E-state index is 12.5. The summed E-state index contributed by atoms with van der Waals surface area (Å²) in [6.45, 7) is 1.85. The van der Waals surface area contributed by atoms with Crippen molar-refractivity contribution in [3.63, 3.8) is 0 Å². The number of carbonyl (C=O) groups excluding carboxylic acids is 3. The molecule has 180 valence electrons. The first-order valence-electron chi connectivity index (χ1n) is 10.5. The van der Waals surface area contributed by atoms with E-state index < -0.39 is 24.0 Å². The number of rotatable bonds is 8. The zero-order valence-electron chi connectivity index (χ0n) is 18.2. The minimum absolute atomic E-state index is 0.0304. The summed E-state index contributed by atoms with van der Waals surface area (Å²) >= 11 is 5.44. The molecule has 34 heavy (non-hydrogen) atoms. The third-order valence-corrected chi connectivity index (χ3v) is 5.24. The summed E-state index contributed by atoms with van der Waals surface area (Å²) in [5.74, 6) is -2.01. The van der Waals surface area contributed by atoms with Crippen LogP contribution in [0.2, 0.25) is 0 Å². The van der Waals surface area contributed by atoms with Gasteiger partial charge < -0.3 is 30.1 Å². The van der Waals surface area contributed by atoms with Crippen LogP contribution in [0.25, 0.3) is 0 Å². The van der Waals surface area contributed by atoms with Crippen molar-refractivity contribution in [3.8, 4) is 5.75 Å². The number of benzene rings is 2. The van der Waals surface area contributed by atoms with Gasteiger partial charge in [0.15, 0.2) is 0 Å². The molecule has 1 aliphatic heterocycles. The minimum atomic E-state index is -1.19. The Morgan fingerprint density at radius 1 is 1.03 bits per heavy atom. The molecule has 2 aromatic carbocycles. The SMILES string of the molecule is O=C(CCl)Nc1ccc(C(=O)N[C@@H](Cc2ccc(OC(=O)N3CCOCC3)cc2)C(=O)O)cc1. The average Bonchev–Trinajstić information content (AvgIpc) is 2.85. The zero-order chi connectivity index (χ0) is 24.5. The van der Waals surface area contributed by atoms with Gasteiger partial charge in [-0.3, -0.25) is 9.59 Å². The van der Waals surface area contributed by atoms with Gasteiger partial charge in [0.2, 0.25) is 5.91 Å². The molecule has 0 saturated carbocycles. The van der Waals surface area contributed by atoms with E-state index >= 15 is 0 Å². The summed E-state index contributed by atoms with van der Waals surface area (Å²) < 4.78 is 10.5. The number of anilines is 1. The van der Waals surface area contributed by atoms with Crippen LogP contribution in [0.5, 0.6) is 5.75 Å². The van der Waals surface area contributed by atoms with Crippen molar-refractivity contribution in [2.75, 3.05) is 37.5 Å². The highest BCUT2D eigenvalue weighted by atomic mass is 35.5. The van der Waals surface area contributed by atoms with Gasteiger partial charge in [-0.1, -0.05) is 12.1 Å². The summed E-state index contributed by atoms with van der Waals surface area (Å²) in [5.41, 5.74) is 1.34. The van der Waals surface area contributed by atoms with Crippen LogP contribution in [0.15, 0.2) is 48.5 Å². The van der Waals surface area contributed by atoms with Gasteiger partial charge in [-0.25, -0.2) is 9.59 Å². The fraction of sp³-hybridized carbons (Fsp3) is 0.304. The van der Waals surface area contributed by atoms with Crippen molar-refractivity contribution in [2.24, 2.45) is 0 Å². The van der Waals surface area contributed by atoms with Gasteiger partial charge in [-0.2, -0.15) is 0 Å². The molecule has 3 amide bonds. The normalized spacial score (nSPS) is 14.1. The molecule has 2 aromatic rings. The summed E-state index contributed by atoms with van der Waals surface area (Å²) in [5, 5.41) is 14.6. The van der Waals surface area contributed by atoms with Gasteiger partial charge in [0.05, 0.1) is 13.2 Å². The highest BCUT2D eigenvalue weighted by Crippen LogP contribution is 2.16. The van der Waals surface area contributed by atoms with Gasteiger partial charge in [0.25, 0.3) is 5.91 Å². The maximum absolute atomic E-state index is 12.5. The first kappa shape index (κ1) is 25.0. The first-order valence-corrected chi connectivity index (χ1v) is 11.0. The summed E-state index contributed by atoms with van der Waals surface area (Å²) in [4.78, 5) is 49.2. The number of nitrogens with one attached hydrogen (secondary N) is 2. The number of amides is 3. The number of carboxylic acid groups (broad SMARTS) is 1. The molecule has 1 aliphatic rings. The molecule has 3 N–H and O–H groups in total. The van der Waals surface area contributed by atoms with Gasteiger partial charge in [-0.15, -0.1) is 11.6 Å². The van der Waals surface area contributed by atoms with E-state index in [1.165, 1.54) is 24.3 Å². The molecule has 11 heteroatoms. The number of ether oxygens (including phenoxy) is 2. The lowest BCUT2D eigenvalue weighted by Crippen LogP contribution is -2.42. The molecule has 1 saturated heterocycles. The fourth-order valence-corrected chi connectivity index (χ4v) is 3.25. The van der Waals surface area contributed by atoms with Gasteiger partial charge >= 0.3 is 12.1 Å². The Balaban J connectivity index is 1.57. The van der Waals surface area contributed by atoms with Crippen molar-refractivity contribution < 1.29 is 33.8 Å². The largest absolute Gasteiger partial charge is 0.480 e. The van der Waals surface area contributed by atoms with Crippen molar-refractivity contribution in [3.05, 3.63) is 59.7 Å². The molecule has 0 aromatic heterocycles. The second kappa shape index (κ2) is 12.0. The number of carbonyl (C=O) groups is 4.